The van der Waals surface area contributed by atoms with Crippen molar-refractivity contribution in [1.29, 1.82) is 0 Å². The van der Waals surface area contributed by atoms with Crippen molar-refractivity contribution >= 4 is 35.4 Å². The van der Waals surface area contributed by atoms with E-state index in [0.29, 0.717) is 29.3 Å². The third-order valence-electron chi connectivity index (χ3n) is 6.67. The molecular formula is C26H29Cl2NO2. The zero-order valence-electron chi connectivity index (χ0n) is 18.3. The Kier molecular flexibility index (Phi) is 6.98. The summed E-state index contributed by atoms with van der Waals surface area (Å²) < 4.78 is 0. The smallest absolute Gasteiger partial charge is 0.230 e. The Labute approximate surface area is 195 Å². The highest BCUT2D eigenvalue weighted by molar-refractivity contribution is 6.30. The summed E-state index contributed by atoms with van der Waals surface area (Å²) >= 11 is 12.5. The van der Waals surface area contributed by atoms with Crippen LogP contribution in [-0.4, -0.2) is 22.6 Å². The van der Waals surface area contributed by atoms with E-state index in [1.54, 1.807) is 6.08 Å². The Hall–Kier alpha value is -2.10. The van der Waals surface area contributed by atoms with Crippen molar-refractivity contribution in [3.8, 4) is 0 Å². The molecule has 3 rings (SSSR count). The second kappa shape index (κ2) is 9.18. The maximum atomic E-state index is 14.0. The van der Waals surface area contributed by atoms with E-state index in [1.807, 2.05) is 74.2 Å². The molecule has 2 aromatic carbocycles. The topological polar surface area (TPSA) is 37.4 Å². The highest BCUT2D eigenvalue weighted by atomic mass is 35.5. The molecule has 1 amide bonds. The second-order valence-corrected chi connectivity index (χ2v) is 9.79. The minimum atomic E-state index is -0.943. The summed E-state index contributed by atoms with van der Waals surface area (Å²) in [4.78, 5) is 28.1. The van der Waals surface area contributed by atoms with Crippen LogP contribution < -0.4 is 0 Å². The first-order chi connectivity index (χ1) is 14.7. The average Bonchev–Trinajstić information content (AvgIpc) is 2.75. The van der Waals surface area contributed by atoms with Crippen molar-refractivity contribution in [2.24, 2.45) is 5.41 Å². The number of hydrogen-bond donors (Lipinski definition) is 0. The zero-order chi connectivity index (χ0) is 22.8. The number of benzene rings is 2. The molecule has 5 heteroatoms. The van der Waals surface area contributed by atoms with Gasteiger partial charge in [-0.15, -0.1) is 6.58 Å². The molecule has 0 bridgehead atoms. The van der Waals surface area contributed by atoms with Gasteiger partial charge < -0.3 is 9.69 Å². The van der Waals surface area contributed by atoms with Gasteiger partial charge in [0.25, 0.3) is 0 Å². The Bertz CT molecular complexity index is 974. The fourth-order valence-electron chi connectivity index (χ4n) is 4.71. The number of aldehydes is 1. The summed E-state index contributed by atoms with van der Waals surface area (Å²) in [7, 11) is 0. The van der Waals surface area contributed by atoms with Gasteiger partial charge in [0.1, 0.15) is 6.29 Å². The van der Waals surface area contributed by atoms with E-state index < -0.39 is 11.0 Å². The number of piperidine rings is 1. The number of nitrogens with zero attached hydrogens (tertiary/aromatic N) is 1. The van der Waals surface area contributed by atoms with Gasteiger partial charge in [-0.3, -0.25) is 4.79 Å². The summed E-state index contributed by atoms with van der Waals surface area (Å²) in [5.41, 5.74) is 0.382. The SMILES string of the molecule is C=CC[C@@]1(C)C[C@H](c2cccc(Cl)c2)C(c2ccc(Cl)cc2)N([C@](C)(C=O)CC)C1=O. The number of carbonyl (C=O) groups is 2. The van der Waals surface area contributed by atoms with Gasteiger partial charge in [-0.05, 0) is 61.6 Å². The summed E-state index contributed by atoms with van der Waals surface area (Å²) in [5.74, 6) is -0.0737. The van der Waals surface area contributed by atoms with Crippen molar-refractivity contribution in [3.63, 3.8) is 0 Å². The first-order valence-corrected chi connectivity index (χ1v) is 11.4. The fraction of sp³-hybridized carbons (Fsp3) is 0.385. The molecule has 0 aromatic heterocycles. The van der Waals surface area contributed by atoms with E-state index in [9.17, 15) is 9.59 Å². The lowest BCUT2D eigenvalue weighted by Gasteiger charge is -2.54. The number of carbonyl (C=O) groups excluding carboxylic acids is 2. The molecule has 0 radical (unpaired) electrons. The molecule has 0 saturated carbocycles. The summed E-state index contributed by atoms with van der Waals surface area (Å²) in [6.45, 7) is 9.64. The molecule has 4 atom stereocenters. The summed E-state index contributed by atoms with van der Waals surface area (Å²) in [6.07, 6.45) is 4.37. The van der Waals surface area contributed by atoms with Gasteiger partial charge in [-0.1, -0.05) is 67.4 Å². The Balaban J connectivity index is 2.28. The normalized spacial score (nSPS) is 25.7. The molecule has 1 fully saturated rings. The molecule has 1 aliphatic rings. The van der Waals surface area contributed by atoms with Crippen LogP contribution in [0, 0.1) is 5.41 Å². The molecule has 3 nitrogen and oxygen atoms in total. The summed E-state index contributed by atoms with van der Waals surface area (Å²) in [5, 5.41) is 1.27. The number of hydrogen-bond acceptors (Lipinski definition) is 2. The van der Waals surface area contributed by atoms with Crippen molar-refractivity contribution in [3.05, 3.63) is 82.4 Å². The largest absolute Gasteiger partial charge is 0.322 e. The van der Waals surface area contributed by atoms with Crippen molar-refractivity contribution in [2.75, 3.05) is 0 Å². The number of allylic oxidation sites excluding steroid dienone is 1. The maximum absolute atomic E-state index is 14.0. The van der Waals surface area contributed by atoms with Gasteiger partial charge in [0.2, 0.25) is 5.91 Å². The molecule has 31 heavy (non-hydrogen) atoms. The van der Waals surface area contributed by atoms with Crippen LogP contribution >= 0.6 is 23.2 Å². The van der Waals surface area contributed by atoms with Gasteiger partial charge in [0.05, 0.1) is 17.0 Å². The van der Waals surface area contributed by atoms with E-state index in [2.05, 4.69) is 6.58 Å². The zero-order valence-corrected chi connectivity index (χ0v) is 19.8. The lowest BCUT2D eigenvalue weighted by atomic mass is 9.66. The van der Waals surface area contributed by atoms with Crippen LogP contribution in [0.2, 0.25) is 10.0 Å². The van der Waals surface area contributed by atoms with E-state index in [-0.39, 0.29) is 17.9 Å². The van der Waals surface area contributed by atoms with Crippen LogP contribution in [0.15, 0.2) is 61.2 Å². The molecule has 1 aliphatic heterocycles. The number of likely N-dealkylation sites (tertiary alicyclic amines) is 1. The highest BCUT2D eigenvalue weighted by Crippen LogP contribution is 2.53. The average molecular weight is 458 g/mol. The molecule has 2 aromatic rings. The predicted octanol–water partition coefficient (Wildman–Crippen LogP) is 7.00. The Morgan fingerprint density at radius 3 is 2.39 bits per heavy atom. The van der Waals surface area contributed by atoms with Gasteiger partial charge in [-0.2, -0.15) is 0 Å². The van der Waals surface area contributed by atoms with E-state index in [0.717, 1.165) is 17.4 Å². The fourth-order valence-corrected chi connectivity index (χ4v) is 5.03. The van der Waals surface area contributed by atoms with Gasteiger partial charge in [0, 0.05) is 16.0 Å². The number of rotatable bonds is 7. The third kappa shape index (κ3) is 4.44. The summed E-state index contributed by atoms with van der Waals surface area (Å²) in [6, 6.07) is 15.0. The molecule has 1 unspecified atom stereocenters. The van der Waals surface area contributed by atoms with Gasteiger partial charge >= 0.3 is 0 Å². The third-order valence-corrected chi connectivity index (χ3v) is 7.16. The van der Waals surface area contributed by atoms with Crippen LogP contribution in [0.25, 0.3) is 0 Å². The van der Waals surface area contributed by atoms with E-state index >= 15 is 0 Å². The number of amides is 1. The van der Waals surface area contributed by atoms with Crippen LogP contribution in [-0.2, 0) is 9.59 Å². The minimum absolute atomic E-state index is 0.0259. The first-order valence-electron chi connectivity index (χ1n) is 10.6. The van der Waals surface area contributed by atoms with Gasteiger partial charge in [-0.25, -0.2) is 0 Å². The lowest BCUT2D eigenvalue weighted by molar-refractivity contribution is -0.162. The Morgan fingerprint density at radius 1 is 1.16 bits per heavy atom. The van der Waals surface area contributed by atoms with Crippen LogP contribution in [0.1, 0.15) is 63.1 Å². The second-order valence-electron chi connectivity index (χ2n) is 8.92. The molecule has 0 spiro atoms. The van der Waals surface area contributed by atoms with Crippen LogP contribution in [0.3, 0.4) is 0 Å². The van der Waals surface area contributed by atoms with E-state index in [1.165, 1.54) is 0 Å². The van der Waals surface area contributed by atoms with Crippen LogP contribution in [0.4, 0.5) is 0 Å². The number of halogens is 2. The van der Waals surface area contributed by atoms with Crippen LogP contribution in [0.5, 0.6) is 0 Å². The minimum Gasteiger partial charge on any atom is -0.322 e. The van der Waals surface area contributed by atoms with Crippen molar-refractivity contribution in [1.82, 2.24) is 4.90 Å². The lowest BCUT2D eigenvalue weighted by Crippen LogP contribution is -2.61. The molecule has 0 aliphatic carbocycles. The molecule has 1 saturated heterocycles. The predicted molar refractivity (Wildman–Crippen MR) is 128 cm³/mol. The highest BCUT2D eigenvalue weighted by Gasteiger charge is 2.53. The maximum Gasteiger partial charge on any atom is 0.230 e. The molecule has 164 valence electrons. The van der Waals surface area contributed by atoms with Crippen molar-refractivity contribution < 1.29 is 9.59 Å². The quantitative estimate of drug-likeness (QED) is 0.331. The Morgan fingerprint density at radius 2 is 1.84 bits per heavy atom. The molecule has 1 heterocycles. The monoisotopic (exact) mass is 457 g/mol. The van der Waals surface area contributed by atoms with Crippen molar-refractivity contribution in [2.45, 2.75) is 57.5 Å². The first kappa shape index (κ1) is 23.6. The molecule has 0 N–H and O–H groups in total. The standard InChI is InChI=1S/C26H29Cl2NO2/c1-5-14-25(3)16-22(19-8-7-9-21(28)15-19)23(18-10-12-20(27)13-11-18)29(24(25)31)26(4,6-2)17-30/h5,7-13,15,17,22-23H,1,6,14,16H2,2-4H3/t22-,23?,25+,26+/m1/s1. The van der Waals surface area contributed by atoms with E-state index in [4.69, 9.17) is 23.2 Å². The molecular weight excluding hydrogens is 429 g/mol. The van der Waals surface area contributed by atoms with Gasteiger partial charge in [0.15, 0.2) is 0 Å².